The highest BCUT2D eigenvalue weighted by Gasteiger charge is 2.52. The van der Waals surface area contributed by atoms with Gasteiger partial charge in [0.1, 0.15) is 5.66 Å². The molecule has 1 saturated heterocycles. The summed E-state index contributed by atoms with van der Waals surface area (Å²) in [5, 5.41) is 2.88. The fourth-order valence-electron chi connectivity index (χ4n) is 4.16. The van der Waals surface area contributed by atoms with Gasteiger partial charge in [0.25, 0.3) is 5.91 Å². The van der Waals surface area contributed by atoms with E-state index in [1.54, 1.807) is 15.9 Å². The summed E-state index contributed by atoms with van der Waals surface area (Å²) < 4.78 is 0.696. The second-order valence-electron chi connectivity index (χ2n) is 7.51. The minimum absolute atomic E-state index is 0.0322. The molecule has 1 fully saturated rings. The van der Waals surface area contributed by atoms with E-state index in [0.717, 1.165) is 4.88 Å². The molecule has 3 heterocycles. The summed E-state index contributed by atoms with van der Waals surface area (Å²) in [5.74, 6) is -0.114. The number of fused-ring (bicyclic) bond motifs is 3. The molecule has 1 aromatic carbocycles. The number of amides is 3. The molecular weight excluding hydrogens is 410 g/mol. The Morgan fingerprint density at radius 2 is 2.03 bits per heavy atom. The number of hydrogen-bond acceptors (Lipinski definition) is 4. The maximum atomic E-state index is 13.1. The number of nitrogens with one attached hydrogen (secondary N) is 1. The summed E-state index contributed by atoms with van der Waals surface area (Å²) in [6.07, 6.45) is 1.85. The predicted octanol–water partition coefficient (Wildman–Crippen LogP) is 3.80. The van der Waals surface area contributed by atoms with Crippen LogP contribution in [0.3, 0.4) is 0 Å². The number of rotatable bonds is 6. The molecule has 6 nitrogen and oxygen atoms in total. The second kappa shape index (κ2) is 7.80. The van der Waals surface area contributed by atoms with Gasteiger partial charge in [-0.15, -0.1) is 11.3 Å². The van der Waals surface area contributed by atoms with Gasteiger partial charge in [-0.1, -0.05) is 23.7 Å². The fraction of sp³-hybridized carbons (Fsp3) is 0.381. The molecule has 8 heteroatoms. The van der Waals surface area contributed by atoms with Crippen LogP contribution in [0.15, 0.2) is 36.4 Å². The van der Waals surface area contributed by atoms with Gasteiger partial charge in [-0.2, -0.15) is 0 Å². The lowest BCUT2D eigenvalue weighted by Gasteiger charge is -2.48. The third-order valence-corrected chi connectivity index (χ3v) is 6.85. The molecule has 0 aliphatic carbocycles. The van der Waals surface area contributed by atoms with Crippen LogP contribution in [-0.4, -0.2) is 34.8 Å². The largest absolute Gasteiger partial charge is 0.351 e. The maximum Gasteiger partial charge on any atom is 0.257 e. The second-order valence-corrected chi connectivity index (χ2v) is 9.31. The molecule has 4 rings (SSSR count). The number of hydrogen-bond donors (Lipinski definition) is 1. The van der Waals surface area contributed by atoms with Crippen molar-refractivity contribution in [3.05, 3.63) is 51.2 Å². The first-order chi connectivity index (χ1) is 13.9. The lowest BCUT2D eigenvalue weighted by atomic mass is 9.98. The van der Waals surface area contributed by atoms with Crippen LogP contribution in [0.2, 0.25) is 4.34 Å². The average molecular weight is 432 g/mol. The van der Waals surface area contributed by atoms with E-state index in [2.05, 4.69) is 5.32 Å². The van der Waals surface area contributed by atoms with Crippen LogP contribution in [0, 0.1) is 0 Å². The number of anilines is 1. The predicted molar refractivity (Wildman–Crippen MR) is 113 cm³/mol. The zero-order chi connectivity index (χ0) is 20.6. The molecule has 1 aromatic heterocycles. The van der Waals surface area contributed by atoms with E-state index in [1.807, 2.05) is 37.3 Å². The Kier molecular flexibility index (Phi) is 5.36. The van der Waals surface area contributed by atoms with Crippen molar-refractivity contribution in [3.8, 4) is 0 Å². The molecule has 0 spiro atoms. The van der Waals surface area contributed by atoms with Crippen LogP contribution in [0.25, 0.3) is 0 Å². The summed E-state index contributed by atoms with van der Waals surface area (Å²) in [4.78, 5) is 42.4. The smallest absolute Gasteiger partial charge is 0.257 e. The number of carbonyl (C=O) groups excluding carboxylic acids is 3. The summed E-state index contributed by atoms with van der Waals surface area (Å²) in [6, 6.07) is 10.9. The number of halogens is 1. The highest BCUT2D eigenvalue weighted by molar-refractivity contribution is 7.16. The lowest BCUT2D eigenvalue weighted by Crippen LogP contribution is -2.62. The van der Waals surface area contributed by atoms with Crippen LogP contribution in [0.5, 0.6) is 0 Å². The standard InChI is InChI=1S/C21H22ClN3O3S/c1-21-11-10-19(27)25(21)16-6-3-2-5-15(16)20(28)24(21)12-4-7-18(26)23-13-14-8-9-17(22)29-14/h2-3,5-6,8-9H,4,7,10-13H2,1H3,(H,23,26). The molecule has 2 aliphatic heterocycles. The Balaban J connectivity index is 1.41. The number of thiophene rings is 1. The van der Waals surface area contributed by atoms with Gasteiger partial charge in [0.15, 0.2) is 0 Å². The van der Waals surface area contributed by atoms with Crippen molar-refractivity contribution >= 4 is 46.3 Å². The number of para-hydroxylation sites is 1. The topological polar surface area (TPSA) is 69.7 Å². The van der Waals surface area contributed by atoms with Gasteiger partial charge in [0.2, 0.25) is 11.8 Å². The summed E-state index contributed by atoms with van der Waals surface area (Å²) >= 11 is 7.34. The monoisotopic (exact) mass is 431 g/mol. The number of carbonyl (C=O) groups is 3. The normalized spacial score (nSPS) is 20.6. The Bertz CT molecular complexity index is 976. The van der Waals surface area contributed by atoms with Gasteiger partial charge in [-0.25, -0.2) is 0 Å². The lowest BCUT2D eigenvalue weighted by molar-refractivity contribution is -0.121. The average Bonchev–Trinajstić information content (AvgIpc) is 3.26. The molecule has 0 saturated carbocycles. The Morgan fingerprint density at radius 3 is 2.79 bits per heavy atom. The van der Waals surface area contributed by atoms with E-state index in [0.29, 0.717) is 54.4 Å². The summed E-state index contributed by atoms with van der Waals surface area (Å²) in [6.45, 7) is 2.81. The molecular formula is C21H22ClN3O3S. The van der Waals surface area contributed by atoms with E-state index >= 15 is 0 Å². The molecule has 29 heavy (non-hydrogen) atoms. The molecule has 1 unspecified atom stereocenters. The van der Waals surface area contributed by atoms with Gasteiger partial charge in [0.05, 0.1) is 22.1 Å². The zero-order valence-electron chi connectivity index (χ0n) is 16.1. The van der Waals surface area contributed by atoms with Crippen LogP contribution in [0.1, 0.15) is 47.8 Å². The van der Waals surface area contributed by atoms with Crippen LogP contribution >= 0.6 is 22.9 Å². The van der Waals surface area contributed by atoms with Crippen LogP contribution < -0.4 is 10.2 Å². The molecule has 3 amide bonds. The van der Waals surface area contributed by atoms with Crippen molar-refractivity contribution in [2.75, 3.05) is 11.4 Å². The summed E-state index contributed by atoms with van der Waals surface area (Å²) in [5.41, 5.74) is 0.553. The first kappa shape index (κ1) is 19.9. The minimum atomic E-state index is -0.674. The number of nitrogens with zero attached hydrogens (tertiary/aromatic N) is 2. The first-order valence-electron chi connectivity index (χ1n) is 9.65. The van der Waals surface area contributed by atoms with Crippen molar-refractivity contribution < 1.29 is 14.4 Å². The Morgan fingerprint density at radius 1 is 1.24 bits per heavy atom. The van der Waals surface area contributed by atoms with Gasteiger partial charge in [-0.3, -0.25) is 19.3 Å². The van der Waals surface area contributed by atoms with Gasteiger partial charge in [0, 0.05) is 24.3 Å². The van der Waals surface area contributed by atoms with E-state index in [-0.39, 0.29) is 17.7 Å². The van der Waals surface area contributed by atoms with E-state index in [4.69, 9.17) is 11.6 Å². The van der Waals surface area contributed by atoms with Gasteiger partial charge in [-0.05, 0) is 44.0 Å². The highest BCUT2D eigenvalue weighted by Crippen LogP contribution is 2.44. The van der Waals surface area contributed by atoms with E-state index in [9.17, 15) is 14.4 Å². The Labute approximate surface area is 178 Å². The molecule has 0 bridgehead atoms. The third kappa shape index (κ3) is 3.65. The van der Waals surface area contributed by atoms with E-state index < -0.39 is 5.66 Å². The van der Waals surface area contributed by atoms with Crippen LogP contribution in [-0.2, 0) is 16.1 Å². The zero-order valence-corrected chi connectivity index (χ0v) is 17.7. The first-order valence-corrected chi connectivity index (χ1v) is 10.8. The number of benzene rings is 1. The van der Waals surface area contributed by atoms with Crippen molar-refractivity contribution in [1.29, 1.82) is 0 Å². The molecule has 152 valence electrons. The van der Waals surface area contributed by atoms with Gasteiger partial charge < -0.3 is 10.2 Å². The molecule has 1 N–H and O–H groups in total. The van der Waals surface area contributed by atoms with Crippen LogP contribution in [0.4, 0.5) is 5.69 Å². The minimum Gasteiger partial charge on any atom is -0.351 e. The fourth-order valence-corrected chi connectivity index (χ4v) is 5.19. The van der Waals surface area contributed by atoms with Gasteiger partial charge >= 0.3 is 0 Å². The van der Waals surface area contributed by atoms with Crippen molar-refractivity contribution in [2.24, 2.45) is 0 Å². The SMILES string of the molecule is CC12CCC(=O)N1c1ccccc1C(=O)N2CCCC(=O)NCc1ccc(Cl)s1. The van der Waals surface area contributed by atoms with Crippen molar-refractivity contribution in [1.82, 2.24) is 10.2 Å². The third-order valence-electron chi connectivity index (χ3n) is 5.62. The maximum absolute atomic E-state index is 13.1. The molecule has 0 radical (unpaired) electrons. The Hall–Kier alpha value is -2.38. The summed E-state index contributed by atoms with van der Waals surface area (Å²) in [7, 11) is 0. The van der Waals surface area contributed by atoms with Crippen molar-refractivity contribution in [3.63, 3.8) is 0 Å². The molecule has 1 atom stereocenters. The van der Waals surface area contributed by atoms with E-state index in [1.165, 1.54) is 11.3 Å². The highest BCUT2D eigenvalue weighted by atomic mass is 35.5. The molecule has 2 aliphatic rings. The molecule has 2 aromatic rings. The van der Waals surface area contributed by atoms with Crippen molar-refractivity contribution in [2.45, 2.75) is 44.8 Å². The quantitative estimate of drug-likeness (QED) is 0.756.